The summed E-state index contributed by atoms with van der Waals surface area (Å²) in [5.74, 6) is -1.85. The van der Waals surface area contributed by atoms with Gasteiger partial charge in [0, 0.05) is 17.2 Å². The third-order valence-electron chi connectivity index (χ3n) is 3.88. The SMILES string of the molecule is COc1cc(/C=N\NC(=O)C(NC(=O)c2ccccc2)=C(C)C)cc([N+](=O)[O-])c1O. The van der Waals surface area contributed by atoms with Crippen molar-refractivity contribution in [1.29, 1.82) is 0 Å². The fourth-order valence-corrected chi connectivity index (χ4v) is 2.39. The standard InChI is InChI=1S/C20H20N4O6/c1-12(2)17(22-19(26)14-7-5-4-6-8-14)20(27)23-21-11-13-9-15(24(28)29)18(25)16(10-13)30-3/h4-11,25H,1-3H3,(H,22,26)(H,23,27)/b21-11-. The molecule has 0 aromatic heterocycles. The number of ether oxygens (including phenoxy) is 1. The lowest BCUT2D eigenvalue weighted by Gasteiger charge is -2.10. The van der Waals surface area contributed by atoms with Gasteiger partial charge in [-0.3, -0.25) is 19.7 Å². The third-order valence-corrected chi connectivity index (χ3v) is 3.88. The number of hydrazone groups is 1. The van der Waals surface area contributed by atoms with E-state index in [1.807, 2.05) is 0 Å². The number of allylic oxidation sites excluding steroid dienone is 1. The first-order valence-electron chi connectivity index (χ1n) is 8.67. The minimum absolute atomic E-state index is 0.0234. The van der Waals surface area contributed by atoms with Crippen molar-refractivity contribution in [1.82, 2.24) is 10.7 Å². The fourth-order valence-electron chi connectivity index (χ4n) is 2.39. The number of aromatic hydroxyl groups is 1. The van der Waals surface area contributed by atoms with Gasteiger partial charge in [-0.1, -0.05) is 18.2 Å². The van der Waals surface area contributed by atoms with Crippen LogP contribution in [0.3, 0.4) is 0 Å². The number of carbonyl (C=O) groups is 2. The Morgan fingerprint density at radius 1 is 1.20 bits per heavy atom. The zero-order chi connectivity index (χ0) is 22.3. The molecule has 0 unspecified atom stereocenters. The molecule has 2 aromatic rings. The van der Waals surface area contributed by atoms with Crippen molar-refractivity contribution in [2.45, 2.75) is 13.8 Å². The highest BCUT2D eigenvalue weighted by Gasteiger charge is 2.19. The van der Waals surface area contributed by atoms with Gasteiger partial charge in [-0.25, -0.2) is 5.43 Å². The molecule has 0 saturated heterocycles. The number of phenolic OH excluding ortho intramolecular Hbond substituents is 1. The predicted molar refractivity (Wildman–Crippen MR) is 109 cm³/mol. The van der Waals surface area contributed by atoms with E-state index < -0.39 is 28.2 Å². The van der Waals surface area contributed by atoms with E-state index in [1.54, 1.807) is 44.2 Å². The van der Waals surface area contributed by atoms with Crippen LogP contribution in [-0.4, -0.2) is 35.2 Å². The van der Waals surface area contributed by atoms with Crippen LogP contribution in [0.15, 0.2) is 58.8 Å². The van der Waals surface area contributed by atoms with Crippen LogP contribution in [0.25, 0.3) is 0 Å². The molecule has 0 heterocycles. The van der Waals surface area contributed by atoms with Gasteiger partial charge in [-0.15, -0.1) is 0 Å². The molecule has 2 amide bonds. The summed E-state index contributed by atoms with van der Waals surface area (Å²) in [6.45, 7) is 3.30. The number of amides is 2. The second kappa shape index (κ2) is 9.82. The van der Waals surface area contributed by atoms with E-state index in [1.165, 1.54) is 13.2 Å². The normalized spacial score (nSPS) is 10.4. The lowest BCUT2D eigenvalue weighted by Crippen LogP contribution is -2.33. The number of nitrogens with one attached hydrogen (secondary N) is 2. The summed E-state index contributed by atoms with van der Waals surface area (Å²) in [5.41, 5.74) is 2.86. The van der Waals surface area contributed by atoms with Gasteiger partial charge in [0.1, 0.15) is 5.70 Å². The van der Waals surface area contributed by atoms with Gasteiger partial charge in [0.05, 0.1) is 18.2 Å². The number of carbonyl (C=O) groups excluding carboxylic acids is 2. The van der Waals surface area contributed by atoms with Crippen LogP contribution in [0.5, 0.6) is 11.5 Å². The Bertz CT molecular complexity index is 1030. The number of methoxy groups -OCH3 is 1. The van der Waals surface area contributed by atoms with E-state index in [0.29, 0.717) is 11.1 Å². The van der Waals surface area contributed by atoms with Crippen LogP contribution in [-0.2, 0) is 4.79 Å². The van der Waals surface area contributed by atoms with Crippen molar-refractivity contribution in [2.24, 2.45) is 5.10 Å². The predicted octanol–water partition coefficient (Wildman–Crippen LogP) is 2.48. The number of benzene rings is 2. The average Bonchev–Trinajstić information content (AvgIpc) is 2.72. The molecule has 156 valence electrons. The number of rotatable bonds is 7. The molecule has 0 aliphatic rings. The zero-order valence-corrected chi connectivity index (χ0v) is 16.5. The molecule has 10 heteroatoms. The molecule has 0 fully saturated rings. The molecule has 0 aliphatic heterocycles. The second-order valence-corrected chi connectivity index (χ2v) is 6.24. The van der Waals surface area contributed by atoms with Crippen LogP contribution >= 0.6 is 0 Å². The molecule has 0 radical (unpaired) electrons. The van der Waals surface area contributed by atoms with Crippen LogP contribution in [0.1, 0.15) is 29.8 Å². The first-order valence-corrected chi connectivity index (χ1v) is 8.67. The van der Waals surface area contributed by atoms with E-state index in [-0.39, 0.29) is 17.0 Å². The maximum atomic E-state index is 12.4. The summed E-state index contributed by atoms with van der Waals surface area (Å²) in [7, 11) is 1.25. The van der Waals surface area contributed by atoms with Gasteiger partial charge in [0.2, 0.25) is 5.75 Å². The first kappa shape index (κ1) is 22.1. The maximum Gasteiger partial charge on any atom is 0.315 e. The Morgan fingerprint density at radius 3 is 2.43 bits per heavy atom. The quantitative estimate of drug-likeness (QED) is 0.276. The topological polar surface area (TPSA) is 143 Å². The highest BCUT2D eigenvalue weighted by Crippen LogP contribution is 2.36. The fraction of sp³-hybridized carbons (Fsp3) is 0.150. The molecular formula is C20H20N4O6. The first-order chi connectivity index (χ1) is 14.2. The number of nitro benzene ring substituents is 1. The van der Waals surface area contributed by atoms with Crippen LogP contribution in [0.2, 0.25) is 0 Å². The Labute approximate surface area is 172 Å². The lowest BCUT2D eigenvalue weighted by molar-refractivity contribution is -0.386. The van der Waals surface area contributed by atoms with E-state index in [0.717, 1.165) is 12.3 Å². The summed E-state index contributed by atoms with van der Waals surface area (Å²) in [6, 6.07) is 10.8. The number of nitro groups is 1. The minimum Gasteiger partial charge on any atom is -0.500 e. The van der Waals surface area contributed by atoms with Gasteiger partial charge in [-0.2, -0.15) is 5.10 Å². The van der Waals surface area contributed by atoms with Gasteiger partial charge < -0.3 is 15.2 Å². The van der Waals surface area contributed by atoms with Crippen molar-refractivity contribution in [3.05, 3.63) is 75.0 Å². The van der Waals surface area contributed by atoms with Crippen LogP contribution in [0.4, 0.5) is 5.69 Å². The van der Waals surface area contributed by atoms with Crippen molar-refractivity contribution in [3.8, 4) is 11.5 Å². The number of phenols is 1. The van der Waals surface area contributed by atoms with E-state index in [2.05, 4.69) is 15.8 Å². The molecule has 2 rings (SSSR count). The minimum atomic E-state index is -0.770. The summed E-state index contributed by atoms with van der Waals surface area (Å²) >= 11 is 0. The lowest BCUT2D eigenvalue weighted by atomic mass is 10.2. The largest absolute Gasteiger partial charge is 0.500 e. The molecule has 0 atom stereocenters. The summed E-state index contributed by atoms with van der Waals surface area (Å²) in [6.07, 6.45) is 1.15. The van der Waals surface area contributed by atoms with E-state index in [4.69, 9.17) is 4.74 Å². The smallest absolute Gasteiger partial charge is 0.315 e. The molecule has 0 spiro atoms. The highest BCUT2D eigenvalue weighted by molar-refractivity contribution is 6.03. The molecule has 2 aromatic carbocycles. The summed E-state index contributed by atoms with van der Waals surface area (Å²) in [4.78, 5) is 35.0. The monoisotopic (exact) mass is 412 g/mol. The highest BCUT2D eigenvalue weighted by atomic mass is 16.6. The zero-order valence-electron chi connectivity index (χ0n) is 16.5. The molecule has 30 heavy (non-hydrogen) atoms. The molecule has 0 bridgehead atoms. The summed E-state index contributed by atoms with van der Waals surface area (Å²) < 4.78 is 4.90. The third kappa shape index (κ3) is 5.41. The van der Waals surface area contributed by atoms with Crippen LogP contribution in [0, 0.1) is 10.1 Å². The van der Waals surface area contributed by atoms with E-state index in [9.17, 15) is 24.8 Å². The second-order valence-electron chi connectivity index (χ2n) is 6.24. The number of nitrogens with zero attached hydrogens (tertiary/aromatic N) is 2. The molecule has 10 nitrogen and oxygen atoms in total. The van der Waals surface area contributed by atoms with Crippen LogP contribution < -0.4 is 15.5 Å². The summed E-state index contributed by atoms with van der Waals surface area (Å²) in [5, 5.41) is 27.1. The van der Waals surface area contributed by atoms with Gasteiger partial charge in [-0.05, 0) is 37.6 Å². The Hall–Kier alpha value is -4.21. The molecule has 3 N–H and O–H groups in total. The van der Waals surface area contributed by atoms with Gasteiger partial charge in [0.25, 0.3) is 11.8 Å². The van der Waals surface area contributed by atoms with E-state index >= 15 is 0 Å². The molecule has 0 saturated carbocycles. The maximum absolute atomic E-state index is 12.4. The molecule has 0 aliphatic carbocycles. The van der Waals surface area contributed by atoms with Gasteiger partial charge >= 0.3 is 5.69 Å². The molecular weight excluding hydrogens is 392 g/mol. The van der Waals surface area contributed by atoms with Crippen molar-refractivity contribution in [2.75, 3.05) is 7.11 Å². The van der Waals surface area contributed by atoms with Crippen molar-refractivity contribution in [3.63, 3.8) is 0 Å². The number of hydrogen-bond donors (Lipinski definition) is 3. The average molecular weight is 412 g/mol. The number of hydrogen-bond acceptors (Lipinski definition) is 7. The Kier molecular flexibility index (Phi) is 7.23. The Balaban J connectivity index is 2.15. The van der Waals surface area contributed by atoms with Crippen molar-refractivity contribution >= 4 is 23.7 Å². The Morgan fingerprint density at radius 2 is 1.87 bits per heavy atom. The van der Waals surface area contributed by atoms with Crippen molar-refractivity contribution < 1.29 is 24.4 Å². The van der Waals surface area contributed by atoms with Gasteiger partial charge in [0.15, 0.2) is 5.75 Å².